The molecule has 4 fully saturated rings. The van der Waals surface area contributed by atoms with Crippen LogP contribution >= 0.6 is 0 Å². The van der Waals surface area contributed by atoms with Gasteiger partial charge in [-0.2, -0.15) is 0 Å². The van der Waals surface area contributed by atoms with Crippen molar-refractivity contribution in [3.63, 3.8) is 0 Å². The normalized spacial score (nSPS) is 33.3. The number of hydrogen-bond donors (Lipinski definition) is 1. The zero-order chi connectivity index (χ0) is 17.1. The highest BCUT2D eigenvalue weighted by molar-refractivity contribution is 7.94. The van der Waals surface area contributed by atoms with Gasteiger partial charge in [0, 0.05) is 30.5 Å². The molecule has 1 amide bonds. The molecule has 24 heavy (non-hydrogen) atoms. The number of aryl methyl sites for hydroxylation is 2. The minimum Gasteiger partial charge on any atom is -0.351 e. The molecule has 0 radical (unpaired) electrons. The van der Waals surface area contributed by atoms with Crippen molar-refractivity contribution in [3.05, 3.63) is 17.5 Å². The molecule has 1 aliphatic carbocycles. The number of fused-ring (bicyclic) bond motifs is 2. The maximum atomic E-state index is 12.4. The molecule has 1 N–H and O–H groups in total. The van der Waals surface area contributed by atoms with E-state index in [1.54, 1.807) is 4.90 Å². The van der Waals surface area contributed by atoms with Gasteiger partial charge in [0.25, 0.3) is 0 Å². The van der Waals surface area contributed by atoms with Gasteiger partial charge in [0.1, 0.15) is 5.25 Å². The van der Waals surface area contributed by atoms with Gasteiger partial charge in [-0.1, -0.05) is 0 Å². The van der Waals surface area contributed by atoms with Crippen LogP contribution in [0, 0.1) is 25.7 Å². The maximum Gasteiger partial charge on any atom is 0.240 e. The van der Waals surface area contributed by atoms with Crippen molar-refractivity contribution in [2.24, 2.45) is 11.8 Å². The van der Waals surface area contributed by atoms with Gasteiger partial charge in [0.05, 0.1) is 5.75 Å². The Morgan fingerprint density at radius 1 is 1.21 bits per heavy atom. The molecule has 4 heterocycles. The average Bonchev–Trinajstić information content (AvgIpc) is 2.51. The molecule has 1 aromatic heterocycles. The number of nitrogens with one attached hydrogen (secondary N) is 1. The summed E-state index contributed by atoms with van der Waals surface area (Å²) in [6.07, 6.45) is 1.55. The highest BCUT2D eigenvalue weighted by Crippen LogP contribution is 2.42. The van der Waals surface area contributed by atoms with E-state index in [9.17, 15) is 13.2 Å². The van der Waals surface area contributed by atoms with Crippen molar-refractivity contribution in [1.29, 1.82) is 0 Å². The fourth-order valence-electron chi connectivity index (χ4n) is 4.15. The Morgan fingerprint density at radius 2 is 1.83 bits per heavy atom. The van der Waals surface area contributed by atoms with Crippen molar-refractivity contribution >= 4 is 21.7 Å². The van der Waals surface area contributed by atoms with E-state index >= 15 is 0 Å². The molecule has 2 bridgehead atoms. The standard InChI is InChI=1S/C16H22N4O3S/c1-9-5-10(2)18-16(17-9)19-14-11-6-12(14)8-20(7-11)15(21)13-3-4-24(13,22)23/h5,11-14H,3-4,6-8H2,1-2H3,(H,17,18,19). The summed E-state index contributed by atoms with van der Waals surface area (Å²) >= 11 is 0. The van der Waals surface area contributed by atoms with Crippen LogP contribution in [0.15, 0.2) is 6.07 Å². The smallest absolute Gasteiger partial charge is 0.240 e. The van der Waals surface area contributed by atoms with Crippen molar-refractivity contribution in [1.82, 2.24) is 14.9 Å². The maximum absolute atomic E-state index is 12.4. The number of carbonyl (C=O) groups excluding carboxylic acids is 1. The summed E-state index contributed by atoms with van der Waals surface area (Å²) in [6.45, 7) is 5.15. The predicted octanol–water partition coefficient (Wildman–Crippen LogP) is 0.539. The van der Waals surface area contributed by atoms with E-state index in [4.69, 9.17) is 0 Å². The summed E-state index contributed by atoms with van der Waals surface area (Å²) in [5.74, 6) is 1.30. The largest absolute Gasteiger partial charge is 0.351 e. The molecule has 7 nitrogen and oxygen atoms in total. The second-order valence-corrected chi connectivity index (χ2v) is 9.59. The first-order chi connectivity index (χ1) is 11.3. The molecular weight excluding hydrogens is 328 g/mol. The minimum atomic E-state index is -3.17. The first kappa shape index (κ1) is 15.8. The van der Waals surface area contributed by atoms with E-state index < -0.39 is 15.1 Å². The average molecular weight is 350 g/mol. The number of carbonyl (C=O) groups is 1. The minimum absolute atomic E-state index is 0.151. The van der Waals surface area contributed by atoms with Gasteiger partial charge >= 0.3 is 0 Å². The molecule has 1 saturated carbocycles. The van der Waals surface area contributed by atoms with Crippen LogP contribution in [0.2, 0.25) is 0 Å². The Kier molecular flexibility index (Phi) is 3.56. The van der Waals surface area contributed by atoms with E-state index in [2.05, 4.69) is 15.3 Å². The Morgan fingerprint density at radius 3 is 2.33 bits per heavy atom. The van der Waals surface area contributed by atoms with Gasteiger partial charge < -0.3 is 10.2 Å². The molecule has 4 aliphatic rings. The number of hydrogen-bond acceptors (Lipinski definition) is 6. The summed E-state index contributed by atoms with van der Waals surface area (Å²) in [7, 11) is -3.17. The van der Waals surface area contributed by atoms with Crippen LogP contribution in [-0.4, -0.2) is 59.3 Å². The van der Waals surface area contributed by atoms with Gasteiger partial charge in [-0.15, -0.1) is 0 Å². The van der Waals surface area contributed by atoms with Crippen LogP contribution in [0.1, 0.15) is 24.2 Å². The summed E-state index contributed by atoms with van der Waals surface area (Å²) < 4.78 is 23.4. The van der Waals surface area contributed by atoms with Gasteiger partial charge in [-0.25, -0.2) is 18.4 Å². The van der Waals surface area contributed by atoms with Gasteiger partial charge in [0.15, 0.2) is 9.84 Å². The molecule has 3 unspecified atom stereocenters. The Balaban J connectivity index is 1.41. The number of rotatable bonds is 3. The number of piperidine rings is 2. The second-order valence-electron chi connectivity index (χ2n) is 7.29. The van der Waals surface area contributed by atoms with Crippen LogP contribution in [0.25, 0.3) is 0 Å². The lowest BCUT2D eigenvalue weighted by atomic mass is 9.66. The fraction of sp³-hybridized carbons (Fsp3) is 0.688. The molecule has 8 heteroatoms. The van der Waals surface area contributed by atoms with Crippen LogP contribution in [-0.2, 0) is 14.6 Å². The molecule has 0 spiro atoms. The molecule has 5 rings (SSSR count). The summed E-state index contributed by atoms with van der Waals surface area (Å²) in [5, 5.41) is 2.63. The third kappa shape index (κ3) is 2.56. The van der Waals surface area contributed by atoms with Crippen LogP contribution in [0.3, 0.4) is 0 Å². The second kappa shape index (κ2) is 5.40. The van der Waals surface area contributed by atoms with Gasteiger partial charge in [-0.3, -0.25) is 4.79 Å². The Bertz CT molecular complexity index is 762. The number of amides is 1. The number of aromatic nitrogens is 2. The first-order valence-electron chi connectivity index (χ1n) is 8.42. The topological polar surface area (TPSA) is 92.3 Å². The SMILES string of the molecule is Cc1cc(C)nc(NC2C3CC2CN(C(=O)C2CCS2(=O)=O)C3)n1. The summed E-state index contributed by atoms with van der Waals surface area (Å²) in [6, 6.07) is 2.21. The molecule has 130 valence electrons. The van der Waals surface area contributed by atoms with E-state index in [1.165, 1.54) is 0 Å². The van der Waals surface area contributed by atoms with Crippen LogP contribution < -0.4 is 5.32 Å². The Hall–Kier alpha value is -1.70. The van der Waals surface area contributed by atoms with Crippen molar-refractivity contribution < 1.29 is 13.2 Å². The first-order valence-corrected chi connectivity index (χ1v) is 10.1. The third-order valence-corrected chi connectivity index (χ3v) is 7.60. The lowest BCUT2D eigenvalue weighted by Crippen LogP contribution is -2.64. The van der Waals surface area contributed by atoms with E-state index in [-0.39, 0.29) is 17.7 Å². The highest BCUT2D eigenvalue weighted by Gasteiger charge is 2.51. The monoisotopic (exact) mass is 350 g/mol. The fourth-order valence-corrected chi connectivity index (χ4v) is 5.46. The molecule has 3 aliphatic heterocycles. The molecule has 3 atom stereocenters. The predicted molar refractivity (Wildman–Crippen MR) is 89.3 cm³/mol. The lowest BCUT2D eigenvalue weighted by molar-refractivity contribution is -0.138. The van der Waals surface area contributed by atoms with Crippen LogP contribution in [0.4, 0.5) is 5.95 Å². The van der Waals surface area contributed by atoms with Crippen molar-refractivity contribution in [2.75, 3.05) is 24.2 Å². The molecule has 0 aromatic carbocycles. The van der Waals surface area contributed by atoms with E-state index in [1.807, 2.05) is 19.9 Å². The van der Waals surface area contributed by atoms with Gasteiger partial charge in [0.2, 0.25) is 11.9 Å². The number of anilines is 1. The van der Waals surface area contributed by atoms with Crippen LogP contribution in [0.5, 0.6) is 0 Å². The zero-order valence-corrected chi connectivity index (χ0v) is 14.7. The third-order valence-electron chi connectivity index (χ3n) is 5.49. The number of sulfone groups is 1. The summed E-state index contributed by atoms with van der Waals surface area (Å²) in [4.78, 5) is 23.0. The quantitative estimate of drug-likeness (QED) is 0.855. The lowest BCUT2D eigenvalue weighted by Gasteiger charge is -2.54. The van der Waals surface area contributed by atoms with E-state index in [0.29, 0.717) is 37.3 Å². The molecular formula is C16H22N4O3S. The zero-order valence-electron chi connectivity index (χ0n) is 13.9. The van der Waals surface area contributed by atoms with E-state index in [0.717, 1.165) is 17.8 Å². The Labute approximate surface area is 141 Å². The highest BCUT2D eigenvalue weighted by atomic mass is 32.2. The molecule has 3 saturated heterocycles. The molecule has 1 aromatic rings. The van der Waals surface area contributed by atoms with Crippen molar-refractivity contribution in [2.45, 2.75) is 38.0 Å². The number of nitrogens with zero attached hydrogens (tertiary/aromatic N) is 3. The van der Waals surface area contributed by atoms with Crippen molar-refractivity contribution in [3.8, 4) is 0 Å². The van der Waals surface area contributed by atoms with Gasteiger partial charge in [-0.05, 0) is 44.6 Å². The summed E-state index contributed by atoms with van der Waals surface area (Å²) in [5.41, 5.74) is 1.86.